The first-order valence-electron chi connectivity index (χ1n) is 4.93. The van der Waals surface area contributed by atoms with Gasteiger partial charge >= 0.3 is 0 Å². The monoisotopic (exact) mass is 188 g/mol. The summed E-state index contributed by atoms with van der Waals surface area (Å²) in [6, 6.07) is 4.33. The van der Waals surface area contributed by atoms with Gasteiger partial charge in [-0.1, -0.05) is 26.8 Å². The number of pyridine rings is 1. The second-order valence-corrected chi connectivity index (χ2v) is 4.83. The predicted molar refractivity (Wildman–Crippen MR) is 58.6 cm³/mol. The van der Waals surface area contributed by atoms with Crippen LogP contribution in [0.15, 0.2) is 24.5 Å². The van der Waals surface area contributed by atoms with Crippen molar-refractivity contribution >= 4 is 5.52 Å². The van der Waals surface area contributed by atoms with E-state index in [9.17, 15) is 0 Å². The molecule has 2 heteroatoms. The van der Waals surface area contributed by atoms with Gasteiger partial charge in [0.1, 0.15) is 0 Å². The molecule has 0 amide bonds. The first kappa shape index (κ1) is 9.25. The smallest absolute Gasteiger partial charge is 0.0690 e. The highest BCUT2D eigenvalue weighted by atomic mass is 15.2. The largest absolute Gasteiger partial charge is 0.240 e. The zero-order valence-corrected chi connectivity index (χ0v) is 9.20. The highest BCUT2D eigenvalue weighted by Crippen LogP contribution is 2.22. The van der Waals surface area contributed by atoms with Gasteiger partial charge in [0.25, 0.3) is 0 Å². The van der Waals surface area contributed by atoms with Crippen LogP contribution in [0.2, 0.25) is 0 Å². The molecule has 0 aliphatic carbocycles. The lowest BCUT2D eigenvalue weighted by Crippen LogP contribution is -2.12. The van der Waals surface area contributed by atoms with Crippen LogP contribution >= 0.6 is 0 Å². The summed E-state index contributed by atoms with van der Waals surface area (Å²) in [4.78, 5) is 0. The van der Waals surface area contributed by atoms with Crippen LogP contribution in [-0.4, -0.2) is 9.61 Å². The Balaban J connectivity index is 2.63. The van der Waals surface area contributed by atoms with Crippen molar-refractivity contribution in [1.82, 2.24) is 9.61 Å². The molecule has 0 aliphatic heterocycles. The van der Waals surface area contributed by atoms with Gasteiger partial charge in [-0.2, -0.15) is 5.10 Å². The van der Waals surface area contributed by atoms with E-state index >= 15 is 0 Å². The third-order valence-corrected chi connectivity index (χ3v) is 2.57. The molecule has 0 atom stereocenters. The second-order valence-electron chi connectivity index (χ2n) is 4.83. The minimum atomic E-state index is 0.189. The number of hydrogen-bond donors (Lipinski definition) is 0. The van der Waals surface area contributed by atoms with Crippen LogP contribution in [-0.2, 0) is 5.41 Å². The minimum absolute atomic E-state index is 0.189. The van der Waals surface area contributed by atoms with Crippen LogP contribution in [0.1, 0.15) is 31.9 Å². The van der Waals surface area contributed by atoms with Crippen molar-refractivity contribution in [3.8, 4) is 0 Å². The maximum Gasteiger partial charge on any atom is 0.0690 e. The molecule has 74 valence electrons. The summed E-state index contributed by atoms with van der Waals surface area (Å²) in [7, 11) is 0. The fourth-order valence-corrected chi connectivity index (χ4v) is 1.56. The fraction of sp³-hybridized carbons (Fsp3) is 0.417. The van der Waals surface area contributed by atoms with E-state index < -0.39 is 0 Å². The molecule has 0 spiro atoms. The van der Waals surface area contributed by atoms with Crippen molar-refractivity contribution in [1.29, 1.82) is 0 Å². The average molecular weight is 188 g/mol. The van der Waals surface area contributed by atoms with Gasteiger partial charge in [-0.25, -0.2) is 4.52 Å². The number of fused-ring (bicyclic) bond motifs is 1. The topological polar surface area (TPSA) is 17.3 Å². The van der Waals surface area contributed by atoms with Crippen molar-refractivity contribution in [3.63, 3.8) is 0 Å². The lowest BCUT2D eigenvalue weighted by molar-refractivity contribution is 0.584. The molecule has 0 bridgehead atoms. The lowest BCUT2D eigenvalue weighted by atomic mass is 9.88. The molecule has 2 nitrogen and oxygen atoms in total. The molecule has 0 saturated heterocycles. The number of rotatable bonds is 0. The summed E-state index contributed by atoms with van der Waals surface area (Å²) in [6.07, 6.45) is 4.02. The van der Waals surface area contributed by atoms with Crippen molar-refractivity contribution in [2.45, 2.75) is 33.1 Å². The molecule has 2 aromatic heterocycles. The van der Waals surface area contributed by atoms with Crippen molar-refractivity contribution in [3.05, 3.63) is 35.7 Å². The summed E-state index contributed by atoms with van der Waals surface area (Å²) in [5.41, 5.74) is 3.92. The fourth-order valence-electron chi connectivity index (χ4n) is 1.56. The lowest BCUT2D eigenvalue weighted by Gasteiger charge is -2.18. The van der Waals surface area contributed by atoms with Crippen LogP contribution in [0, 0.1) is 6.92 Å². The van der Waals surface area contributed by atoms with Crippen LogP contribution in [0.5, 0.6) is 0 Å². The molecule has 0 aromatic carbocycles. The number of nitrogens with zero attached hydrogens (tertiary/aromatic N) is 2. The molecule has 0 saturated carbocycles. The highest BCUT2D eigenvalue weighted by Gasteiger charge is 2.14. The molecule has 2 heterocycles. The quantitative estimate of drug-likeness (QED) is 0.621. The van der Waals surface area contributed by atoms with E-state index in [-0.39, 0.29) is 5.41 Å². The molecule has 0 aliphatic rings. The second kappa shape index (κ2) is 2.84. The minimum Gasteiger partial charge on any atom is -0.240 e. The van der Waals surface area contributed by atoms with Gasteiger partial charge in [0.15, 0.2) is 0 Å². The first-order chi connectivity index (χ1) is 6.48. The van der Waals surface area contributed by atoms with Crippen LogP contribution < -0.4 is 0 Å². The molecular weight excluding hydrogens is 172 g/mol. The van der Waals surface area contributed by atoms with E-state index in [1.54, 1.807) is 0 Å². The number of aromatic nitrogens is 2. The van der Waals surface area contributed by atoms with Crippen molar-refractivity contribution in [2.75, 3.05) is 0 Å². The van der Waals surface area contributed by atoms with E-state index in [0.29, 0.717) is 0 Å². The molecule has 2 rings (SSSR count). The Morgan fingerprint density at radius 3 is 2.57 bits per heavy atom. The standard InChI is InChI=1S/C12H16N2/c1-9-7-13-14-8-10(12(2,3)4)5-6-11(9)14/h5-8H,1-4H3. The summed E-state index contributed by atoms with van der Waals surface area (Å²) < 4.78 is 1.95. The third-order valence-electron chi connectivity index (χ3n) is 2.57. The van der Waals surface area contributed by atoms with Gasteiger partial charge in [0.05, 0.1) is 11.7 Å². The number of hydrogen-bond acceptors (Lipinski definition) is 1. The van der Waals surface area contributed by atoms with E-state index in [0.717, 1.165) is 0 Å². The molecule has 14 heavy (non-hydrogen) atoms. The van der Waals surface area contributed by atoms with Gasteiger partial charge in [-0.3, -0.25) is 0 Å². The Labute approximate surface area is 84.6 Å². The maximum absolute atomic E-state index is 4.31. The van der Waals surface area contributed by atoms with Crippen molar-refractivity contribution < 1.29 is 0 Å². The average Bonchev–Trinajstić information content (AvgIpc) is 2.46. The molecule has 0 radical (unpaired) electrons. The predicted octanol–water partition coefficient (Wildman–Crippen LogP) is 2.94. The zero-order valence-electron chi connectivity index (χ0n) is 9.20. The Kier molecular flexibility index (Phi) is 1.88. The Hall–Kier alpha value is -1.31. The van der Waals surface area contributed by atoms with Gasteiger partial charge in [0, 0.05) is 6.20 Å². The van der Waals surface area contributed by atoms with Gasteiger partial charge < -0.3 is 0 Å². The molecule has 0 unspecified atom stereocenters. The zero-order chi connectivity index (χ0) is 10.3. The van der Waals surface area contributed by atoms with Crippen LogP contribution in [0.4, 0.5) is 0 Å². The van der Waals surface area contributed by atoms with Crippen LogP contribution in [0.3, 0.4) is 0 Å². The number of aryl methyl sites for hydroxylation is 1. The summed E-state index contributed by atoms with van der Waals surface area (Å²) in [5, 5.41) is 4.31. The summed E-state index contributed by atoms with van der Waals surface area (Å²) in [5.74, 6) is 0. The Morgan fingerprint density at radius 1 is 1.21 bits per heavy atom. The van der Waals surface area contributed by atoms with E-state index in [1.165, 1.54) is 16.6 Å². The third kappa shape index (κ3) is 1.41. The molecular formula is C12H16N2. The van der Waals surface area contributed by atoms with Crippen molar-refractivity contribution in [2.24, 2.45) is 0 Å². The highest BCUT2D eigenvalue weighted by molar-refractivity contribution is 5.53. The molecule has 0 N–H and O–H groups in total. The van der Waals surface area contributed by atoms with Crippen LogP contribution in [0.25, 0.3) is 5.52 Å². The van der Waals surface area contributed by atoms with Gasteiger partial charge in [0.2, 0.25) is 0 Å². The van der Waals surface area contributed by atoms with E-state index in [2.05, 4.69) is 51.1 Å². The van der Waals surface area contributed by atoms with Gasteiger partial charge in [-0.05, 0) is 29.5 Å². The van der Waals surface area contributed by atoms with Gasteiger partial charge in [-0.15, -0.1) is 0 Å². The Morgan fingerprint density at radius 2 is 1.93 bits per heavy atom. The maximum atomic E-state index is 4.31. The Bertz CT molecular complexity index is 461. The normalized spacial score (nSPS) is 12.3. The SMILES string of the molecule is Cc1cnn2cc(C(C)(C)C)ccc12. The summed E-state index contributed by atoms with van der Waals surface area (Å²) in [6.45, 7) is 8.72. The molecule has 2 aromatic rings. The van der Waals surface area contributed by atoms with E-state index in [4.69, 9.17) is 0 Å². The van der Waals surface area contributed by atoms with E-state index in [1.807, 2.05) is 10.7 Å². The summed E-state index contributed by atoms with van der Waals surface area (Å²) >= 11 is 0. The first-order valence-corrected chi connectivity index (χ1v) is 4.93. The molecule has 0 fully saturated rings.